The summed E-state index contributed by atoms with van der Waals surface area (Å²) >= 11 is 5.28. The molecule has 18 heavy (non-hydrogen) atoms. The maximum absolute atomic E-state index is 11.6. The second kappa shape index (κ2) is 6.10. The van der Waals surface area contributed by atoms with Crippen molar-refractivity contribution in [3.8, 4) is 0 Å². The predicted molar refractivity (Wildman–Crippen MR) is 63.0 cm³/mol. The molecule has 0 spiro atoms. The lowest BCUT2D eigenvalue weighted by Gasteiger charge is -2.08. The number of aliphatic hydroxyl groups excluding tert-OH is 1. The Morgan fingerprint density at radius 1 is 1.50 bits per heavy atom. The smallest absolute Gasteiger partial charge is 0.297 e. The lowest BCUT2D eigenvalue weighted by molar-refractivity contribution is -0.385. The Morgan fingerprint density at radius 2 is 2.17 bits per heavy atom. The van der Waals surface area contributed by atoms with Crippen LogP contribution < -0.4 is 0 Å². The second-order valence-electron chi connectivity index (χ2n) is 3.30. The molecule has 7 nitrogen and oxygen atoms in total. The van der Waals surface area contributed by atoms with Crippen LogP contribution in [0.15, 0.2) is 29.2 Å². The molecule has 0 aromatic heterocycles. The summed E-state index contributed by atoms with van der Waals surface area (Å²) in [6, 6.07) is 4.43. The average molecular weight is 296 g/mol. The quantitative estimate of drug-likeness (QED) is 0.362. The summed E-state index contributed by atoms with van der Waals surface area (Å²) in [7, 11) is -4.14. The number of alkyl halides is 1. The van der Waals surface area contributed by atoms with E-state index in [4.69, 9.17) is 16.7 Å². The Hall–Kier alpha value is -1.22. The van der Waals surface area contributed by atoms with Crippen molar-refractivity contribution in [2.45, 2.75) is 11.0 Å². The van der Waals surface area contributed by atoms with E-state index in [9.17, 15) is 18.5 Å². The summed E-state index contributed by atoms with van der Waals surface area (Å²) < 4.78 is 27.8. The normalized spacial score (nSPS) is 13.2. The first-order valence-electron chi connectivity index (χ1n) is 4.74. The van der Waals surface area contributed by atoms with Gasteiger partial charge in [-0.2, -0.15) is 8.42 Å². The van der Waals surface area contributed by atoms with Crippen molar-refractivity contribution >= 4 is 27.4 Å². The van der Waals surface area contributed by atoms with Gasteiger partial charge < -0.3 is 5.11 Å². The first-order valence-corrected chi connectivity index (χ1v) is 6.69. The number of non-ortho nitro benzene ring substituents is 1. The second-order valence-corrected chi connectivity index (χ2v) is 5.23. The number of halogens is 1. The van der Waals surface area contributed by atoms with Gasteiger partial charge in [0.15, 0.2) is 0 Å². The predicted octanol–water partition coefficient (Wildman–Crippen LogP) is 0.900. The number of rotatable bonds is 6. The van der Waals surface area contributed by atoms with Gasteiger partial charge in [-0.25, -0.2) is 0 Å². The lowest BCUT2D eigenvalue weighted by atomic mass is 10.3. The van der Waals surface area contributed by atoms with E-state index in [1.54, 1.807) is 0 Å². The van der Waals surface area contributed by atoms with Gasteiger partial charge in [-0.05, 0) is 6.07 Å². The van der Waals surface area contributed by atoms with E-state index < -0.39 is 27.8 Å². The van der Waals surface area contributed by atoms with Gasteiger partial charge in [0.05, 0.1) is 23.5 Å². The maximum atomic E-state index is 11.6. The van der Waals surface area contributed by atoms with Crippen molar-refractivity contribution in [3.05, 3.63) is 34.4 Å². The van der Waals surface area contributed by atoms with Crippen LogP contribution in [0.4, 0.5) is 5.69 Å². The first kappa shape index (κ1) is 14.8. The van der Waals surface area contributed by atoms with Crippen LogP contribution in [0.3, 0.4) is 0 Å². The van der Waals surface area contributed by atoms with Gasteiger partial charge in [-0.3, -0.25) is 14.3 Å². The Morgan fingerprint density at radius 3 is 2.72 bits per heavy atom. The molecule has 1 rings (SSSR count). The standard InChI is InChI=1S/C9H10ClNO6S/c10-5-8(12)6-17-18(15,16)9-3-1-2-7(4-9)11(13)14/h1-4,8,12H,5-6H2/t8-/m0/s1. The first-order chi connectivity index (χ1) is 8.36. The molecule has 0 aliphatic rings. The zero-order chi connectivity index (χ0) is 13.8. The zero-order valence-corrected chi connectivity index (χ0v) is 10.6. The largest absolute Gasteiger partial charge is 0.389 e. The van der Waals surface area contributed by atoms with Crippen LogP contribution in [-0.4, -0.2) is 37.0 Å². The molecule has 0 radical (unpaired) electrons. The van der Waals surface area contributed by atoms with Crippen molar-refractivity contribution in [1.82, 2.24) is 0 Å². The van der Waals surface area contributed by atoms with Crippen molar-refractivity contribution in [2.24, 2.45) is 0 Å². The van der Waals surface area contributed by atoms with Crippen molar-refractivity contribution in [2.75, 3.05) is 12.5 Å². The molecule has 1 atom stereocenters. The highest BCUT2D eigenvalue weighted by Gasteiger charge is 2.19. The number of hydrogen-bond acceptors (Lipinski definition) is 6. The van der Waals surface area contributed by atoms with E-state index in [1.165, 1.54) is 6.07 Å². The summed E-state index contributed by atoms with van der Waals surface area (Å²) in [6.45, 7) is -0.505. The summed E-state index contributed by atoms with van der Waals surface area (Å²) in [5, 5.41) is 19.6. The Bertz CT molecular complexity index is 532. The highest BCUT2D eigenvalue weighted by Crippen LogP contribution is 2.19. The van der Waals surface area contributed by atoms with Crippen LogP contribution in [0.2, 0.25) is 0 Å². The highest BCUT2D eigenvalue weighted by molar-refractivity contribution is 7.86. The maximum Gasteiger partial charge on any atom is 0.297 e. The number of nitrogens with zero attached hydrogens (tertiary/aromatic N) is 1. The molecule has 0 saturated heterocycles. The third kappa shape index (κ3) is 3.91. The van der Waals surface area contributed by atoms with Crippen LogP contribution in [0, 0.1) is 10.1 Å². The molecule has 1 aromatic carbocycles. The van der Waals surface area contributed by atoms with E-state index >= 15 is 0 Å². The van der Waals surface area contributed by atoms with Crippen molar-refractivity contribution in [3.63, 3.8) is 0 Å². The van der Waals surface area contributed by atoms with E-state index in [0.29, 0.717) is 0 Å². The fourth-order valence-electron chi connectivity index (χ4n) is 1.03. The van der Waals surface area contributed by atoms with E-state index in [2.05, 4.69) is 4.18 Å². The third-order valence-electron chi connectivity index (χ3n) is 1.91. The number of nitro benzene ring substituents is 1. The molecule has 0 amide bonds. The molecule has 0 heterocycles. The molecule has 9 heteroatoms. The minimum Gasteiger partial charge on any atom is -0.389 e. The summed E-state index contributed by atoms with van der Waals surface area (Å²) in [5.41, 5.74) is -0.363. The molecule has 0 aliphatic carbocycles. The SMILES string of the molecule is O=[N+]([O-])c1cccc(S(=O)(=O)OC[C@@H](O)CCl)c1. The molecule has 0 unspecified atom stereocenters. The number of nitro groups is 1. The van der Waals surface area contributed by atoms with Gasteiger partial charge in [0.2, 0.25) is 0 Å². The molecule has 1 N–H and O–H groups in total. The third-order valence-corrected chi connectivity index (χ3v) is 3.54. The van der Waals surface area contributed by atoms with Crippen molar-refractivity contribution < 1.29 is 22.6 Å². The van der Waals surface area contributed by atoms with Gasteiger partial charge in [0.25, 0.3) is 15.8 Å². The molecule has 0 bridgehead atoms. The van der Waals surface area contributed by atoms with Gasteiger partial charge in [0.1, 0.15) is 4.90 Å². The Labute approximate surface area is 108 Å². The number of benzene rings is 1. The fraction of sp³-hybridized carbons (Fsp3) is 0.333. The fourth-order valence-corrected chi connectivity index (χ4v) is 2.11. The van der Waals surface area contributed by atoms with Crippen molar-refractivity contribution in [1.29, 1.82) is 0 Å². The molecule has 1 aromatic rings. The average Bonchev–Trinajstić information content (AvgIpc) is 2.36. The topological polar surface area (TPSA) is 107 Å². The monoisotopic (exact) mass is 295 g/mol. The van der Waals surface area contributed by atoms with Crippen LogP contribution in [0.5, 0.6) is 0 Å². The minimum atomic E-state index is -4.14. The van der Waals surface area contributed by atoms with Crippen LogP contribution in [0.25, 0.3) is 0 Å². The summed E-state index contributed by atoms with van der Waals surface area (Å²) in [5.74, 6) is -0.176. The van der Waals surface area contributed by atoms with Crippen LogP contribution in [-0.2, 0) is 14.3 Å². The molecule has 0 aliphatic heterocycles. The lowest BCUT2D eigenvalue weighted by Crippen LogP contribution is -2.20. The Balaban J connectivity index is 2.91. The van der Waals surface area contributed by atoms with Gasteiger partial charge >= 0.3 is 0 Å². The van der Waals surface area contributed by atoms with Gasteiger partial charge in [0, 0.05) is 12.1 Å². The molecular formula is C9H10ClNO6S. The summed E-state index contributed by atoms with van der Waals surface area (Å²) in [6.07, 6.45) is -1.12. The minimum absolute atomic E-state index is 0.176. The van der Waals surface area contributed by atoms with Crippen LogP contribution in [0.1, 0.15) is 0 Å². The van der Waals surface area contributed by atoms with Crippen LogP contribution >= 0.6 is 11.6 Å². The number of aliphatic hydroxyl groups is 1. The molecule has 0 fully saturated rings. The van der Waals surface area contributed by atoms with E-state index in [0.717, 1.165) is 18.2 Å². The Kier molecular flexibility index (Phi) is 5.03. The van der Waals surface area contributed by atoms with E-state index in [-0.39, 0.29) is 16.5 Å². The molecular weight excluding hydrogens is 286 g/mol. The zero-order valence-electron chi connectivity index (χ0n) is 9.02. The van der Waals surface area contributed by atoms with E-state index in [1.807, 2.05) is 0 Å². The van der Waals surface area contributed by atoms with Gasteiger partial charge in [-0.1, -0.05) is 6.07 Å². The van der Waals surface area contributed by atoms with Gasteiger partial charge in [-0.15, -0.1) is 11.6 Å². The highest BCUT2D eigenvalue weighted by atomic mass is 35.5. The molecule has 100 valence electrons. The summed E-state index contributed by atoms with van der Waals surface area (Å²) in [4.78, 5) is 9.44. The molecule has 0 saturated carbocycles. The number of hydrogen-bond donors (Lipinski definition) is 1.